The number of amides is 2. The second-order valence-corrected chi connectivity index (χ2v) is 9.75. The third kappa shape index (κ3) is 5.05. The van der Waals surface area contributed by atoms with Gasteiger partial charge in [0.25, 0.3) is 11.8 Å². The number of hydrogen-bond donors (Lipinski definition) is 3. The average Bonchev–Trinajstić information content (AvgIpc) is 2.90. The number of halogens is 2. The van der Waals surface area contributed by atoms with Crippen LogP contribution < -0.4 is 16.1 Å². The number of pyridine rings is 1. The van der Waals surface area contributed by atoms with Crippen molar-refractivity contribution in [3.63, 3.8) is 0 Å². The maximum Gasteiger partial charge on any atom is 0.257 e. The predicted octanol–water partition coefficient (Wildman–Crippen LogP) is 3.43. The zero-order valence-electron chi connectivity index (χ0n) is 19.4. The molecule has 0 aliphatic carbocycles. The second kappa shape index (κ2) is 10.3. The van der Waals surface area contributed by atoms with Crippen LogP contribution in [-0.4, -0.2) is 40.4 Å². The molecule has 5 rings (SSSR count). The van der Waals surface area contributed by atoms with Gasteiger partial charge in [0.05, 0.1) is 6.61 Å². The van der Waals surface area contributed by atoms with Gasteiger partial charge in [0.2, 0.25) is 5.43 Å². The molecule has 1 saturated heterocycles. The molecule has 2 aromatic carbocycles. The molecule has 1 unspecified atom stereocenters. The fourth-order valence-electron chi connectivity index (χ4n) is 4.52. The molecule has 37 heavy (non-hydrogen) atoms. The third-order valence-electron chi connectivity index (χ3n) is 6.43. The molecule has 0 radical (unpaired) electrons. The number of thioether (sulfide) groups is 1. The minimum absolute atomic E-state index is 0.0828. The molecular weight excluding hydrogens is 502 g/mol. The summed E-state index contributed by atoms with van der Waals surface area (Å²) in [5, 5.41) is 5.61. The van der Waals surface area contributed by atoms with Crippen LogP contribution in [0.4, 0.5) is 14.5 Å². The summed E-state index contributed by atoms with van der Waals surface area (Å²) in [4.78, 5) is 45.1. The topological polar surface area (TPSA) is 113 Å². The number of hydrogen-bond acceptors (Lipinski definition) is 6. The maximum atomic E-state index is 15.1. The summed E-state index contributed by atoms with van der Waals surface area (Å²) < 4.78 is 34.7. The minimum Gasteiger partial charge on any atom is -0.366 e. The molecule has 11 heteroatoms. The number of H-pyrrole nitrogens is 1. The van der Waals surface area contributed by atoms with E-state index in [2.05, 4.69) is 15.6 Å². The van der Waals surface area contributed by atoms with Crippen molar-refractivity contribution in [1.29, 1.82) is 0 Å². The second-order valence-electron chi connectivity index (χ2n) is 8.74. The van der Waals surface area contributed by atoms with Crippen molar-refractivity contribution in [3.05, 3.63) is 100.0 Å². The first-order valence-corrected chi connectivity index (χ1v) is 12.5. The predicted molar refractivity (Wildman–Crippen MR) is 135 cm³/mol. The van der Waals surface area contributed by atoms with E-state index in [0.717, 1.165) is 12.1 Å². The summed E-state index contributed by atoms with van der Waals surface area (Å²) in [6.45, 7) is -0.186. The zero-order chi connectivity index (χ0) is 26.0. The fourth-order valence-corrected chi connectivity index (χ4v) is 5.68. The Bertz CT molecular complexity index is 1430. The first-order valence-electron chi connectivity index (χ1n) is 11.5. The van der Waals surface area contributed by atoms with Crippen molar-refractivity contribution >= 4 is 34.4 Å². The van der Waals surface area contributed by atoms with Crippen LogP contribution in [-0.2, 0) is 15.1 Å². The Morgan fingerprint density at radius 2 is 1.92 bits per heavy atom. The van der Waals surface area contributed by atoms with Crippen LogP contribution in [0, 0.1) is 17.6 Å². The van der Waals surface area contributed by atoms with Crippen LogP contribution in [0.15, 0.2) is 76.8 Å². The van der Waals surface area contributed by atoms with Gasteiger partial charge in [-0.2, -0.15) is 0 Å². The molecule has 2 aliphatic rings. The van der Waals surface area contributed by atoms with Crippen LogP contribution in [0.5, 0.6) is 0 Å². The molecule has 190 valence electrons. The van der Waals surface area contributed by atoms with Crippen LogP contribution in [0.1, 0.15) is 22.3 Å². The van der Waals surface area contributed by atoms with Crippen molar-refractivity contribution in [3.8, 4) is 0 Å². The summed E-state index contributed by atoms with van der Waals surface area (Å²) >= 11 is 1.27. The smallest absolute Gasteiger partial charge is 0.257 e. The van der Waals surface area contributed by atoms with Gasteiger partial charge in [0.15, 0.2) is 5.17 Å². The fraction of sp³-hybridized carbons (Fsp3) is 0.231. The molecule has 3 atom stereocenters. The highest BCUT2D eigenvalue weighted by atomic mass is 32.2. The van der Waals surface area contributed by atoms with E-state index < -0.39 is 29.2 Å². The van der Waals surface area contributed by atoms with Gasteiger partial charge in [-0.05, 0) is 24.6 Å². The normalized spacial score (nSPS) is 22.9. The number of aliphatic imine (C=N–C) groups is 1. The summed E-state index contributed by atoms with van der Waals surface area (Å²) in [7, 11) is 0. The Hall–Kier alpha value is -3.83. The van der Waals surface area contributed by atoms with Crippen molar-refractivity contribution in [2.24, 2.45) is 10.9 Å². The SMILES string of the molecule is O=C(NC1=N[C@@]2(c3ccc(F)cc3F)COC(C(=O)Nc3c[nH]ccc3=O)C[C@H]2CS1)c1ccccc1. The lowest BCUT2D eigenvalue weighted by molar-refractivity contribution is -0.136. The number of ether oxygens (including phenoxy) is 1. The number of fused-ring (bicyclic) bond motifs is 1. The van der Waals surface area contributed by atoms with Crippen LogP contribution in [0.25, 0.3) is 0 Å². The number of nitrogens with one attached hydrogen (secondary N) is 3. The van der Waals surface area contributed by atoms with Crippen LogP contribution in [0.2, 0.25) is 0 Å². The molecule has 3 N–H and O–H groups in total. The first kappa shape index (κ1) is 24.8. The van der Waals surface area contributed by atoms with Crippen molar-refractivity contribution in [2.75, 3.05) is 17.7 Å². The number of nitrogens with zero attached hydrogens (tertiary/aromatic N) is 1. The summed E-state index contributed by atoms with van der Waals surface area (Å²) in [6.07, 6.45) is 2.08. The molecule has 3 heterocycles. The summed E-state index contributed by atoms with van der Waals surface area (Å²) in [6, 6.07) is 13.1. The lowest BCUT2D eigenvalue weighted by atomic mass is 9.75. The van der Waals surface area contributed by atoms with Gasteiger partial charge in [-0.3, -0.25) is 14.4 Å². The minimum atomic E-state index is -1.29. The Morgan fingerprint density at radius 3 is 2.68 bits per heavy atom. The third-order valence-corrected chi connectivity index (χ3v) is 7.46. The van der Waals surface area contributed by atoms with E-state index in [9.17, 15) is 18.8 Å². The average molecular weight is 525 g/mol. The molecule has 1 aromatic heterocycles. The van der Waals surface area contributed by atoms with Gasteiger partial charge in [0, 0.05) is 47.3 Å². The quantitative estimate of drug-likeness (QED) is 0.484. The molecule has 8 nitrogen and oxygen atoms in total. The number of carbonyl (C=O) groups excluding carboxylic acids is 2. The highest BCUT2D eigenvalue weighted by Gasteiger charge is 2.51. The van der Waals surface area contributed by atoms with E-state index in [0.29, 0.717) is 11.3 Å². The van der Waals surface area contributed by atoms with Gasteiger partial charge >= 0.3 is 0 Å². The Kier molecular flexibility index (Phi) is 6.90. The molecule has 2 amide bonds. The maximum absolute atomic E-state index is 15.1. The number of aromatic nitrogens is 1. The van der Waals surface area contributed by atoms with E-state index in [1.165, 1.54) is 36.3 Å². The van der Waals surface area contributed by atoms with Gasteiger partial charge in [-0.1, -0.05) is 36.0 Å². The van der Waals surface area contributed by atoms with Gasteiger partial charge < -0.3 is 20.4 Å². The molecular formula is C26H22F2N4O4S. The summed E-state index contributed by atoms with van der Waals surface area (Å²) in [5.41, 5.74) is -1.02. The van der Waals surface area contributed by atoms with Gasteiger partial charge in [-0.15, -0.1) is 0 Å². The number of rotatable bonds is 4. The van der Waals surface area contributed by atoms with Crippen molar-refractivity contribution in [2.45, 2.75) is 18.1 Å². The lowest BCUT2D eigenvalue weighted by Gasteiger charge is -2.46. The van der Waals surface area contributed by atoms with E-state index in [1.54, 1.807) is 30.3 Å². The Labute approximate surface area is 214 Å². The van der Waals surface area contributed by atoms with Gasteiger partial charge in [-0.25, -0.2) is 13.8 Å². The van der Waals surface area contributed by atoms with Crippen LogP contribution in [0.3, 0.4) is 0 Å². The molecule has 0 saturated carbocycles. The number of amidine groups is 1. The largest absolute Gasteiger partial charge is 0.366 e. The molecule has 3 aromatic rings. The van der Waals surface area contributed by atoms with E-state index >= 15 is 4.39 Å². The lowest BCUT2D eigenvalue weighted by Crippen LogP contribution is -2.53. The number of benzene rings is 2. The molecule has 2 aliphatic heterocycles. The Morgan fingerprint density at radius 1 is 1.11 bits per heavy atom. The highest BCUT2D eigenvalue weighted by molar-refractivity contribution is 8.13. The summed E-state index contributed by atoms with van der Waals surface area (Å²) in [5.74, 6) is -2.40. The van der Waals surface area contributed by atoms with Crippen LogP contribution >= 0.6 is 11.8 Å². The Balaban J connectivity index is 1.44. The zero-order valence-corrected chi connectivity index (χ0v) is 20.2. The first-order chi connectivity index (χ1) is 17.9. The van der Waals surface area contributed by atoms with Gasteiger partial charge in [0.1, 0.15) is 29.0 Å². The van der Waals surface area contributed by atoms with E-state index in [1.807, 2.05) is 0 Å². The van der Waals surface area contributed by atoms with Crippen molar-refractivity contribution in [1.82, 2.24) is 10.3 Å². The monoisotopic (exact) mass is 524 g/mol. The standard InChI is InChI=1S/C26H22F2N4O4S/c27-17-6-7-18(19(28)11-17)26-14-36-22(24(35)30-20-12-29-9-8-21(20)33)10-16(26)13-37-25(32-26)31-23(34)15-4-2-1-3-5-15/h1-9,11-12,16,22H,10,13-14H2,(H,29,33)(H,30,35)(H,31,32,34)/t16-,22?,26-/m0/s1. The highest BCUT2D eigenvalue weighted by Crippen LogP contribution is 2.47. The van der Waals surface area contributed by atoms with E-state index in [4.69, 9.17) is 9.73 Å². The molecule has 0 bridgehead atoms. The number of aromatic amines is 1. The molecule has 0 spiro atoms. The van der Waals surface area contributed by atoms with Crippen molar-refractivity contribution < 1.29 is 23.1 Å². The molecule has 1 fully saturated rings. The number of anilines is 1. The number of carbonyl (C=O) groups is 2. The van der Waals surface area contributed by atoms with E-state index in [-0.39, 0.29) is 46.7 Å².